The molecule has 0 atom stereocenters. The Morgan fingerprint density at radius 3 is 2.56 bits per heavy atom. The molecule has 16 heavy (non-hydrogen) atoms. The number of nitrogens with zero attached hydrogens (tertiary/aromatic N) is 1. The summed E-state index contributed by atoms with van der Waals surface area (Å²) in [4.78, 5) is 0. The largest absolute Gasteiger partial charge is 0.361 e. The van der Waals surface area contributed by atoms with Crippen LogP contribution < -0.4 is 4.72 Å². The summed E-state index contributed by atoms with van der Waals surface area (Å²) >= 11 is 0. The number of aryl methyl sites for hydroxylation is 2. The van der Waals surface area contributed by atoms with Crippen LogP contribution in [0.25, 0.3) is 0 Å². The van der Waals surface area contributed by atoms with Crippen molar-refractivity contribution < 1.29 is 12.9 Å². The lowest BCUT2D eigenvalue weighted by atomic mass is 10.1. The monoisotopic (exact) mass is 246 g/mol. The maximum absolute atomic E-state index is 11.4. The molecule has 0 saturated heterocycles. The Morgan fingerprint density at radius 1 is 1.38 bits per heavy atom. The average molecular weight is 246 g/mol. The van der Waals surface area contributed by atoms with Gasteiger partial charge >= 0.3 is 0 Å². The van der Waals surface area contributed by atoms with E-state index in [-0.39, 0.29) is 5.75 Å². The van der Waals surface area contributed by atoms with Gasteiger partial charge in [-0.1, -0.05) is 12.1 Å². The first-order chi connectivity index (χ1) is 7.46. The van der Waals surface area contributed by atoms with E-state index >= 15 is 0 Å². The van der Waals surface area contributed by atoms with Crippen molar-refractivity contribution in [2.45, 2.75) is 33.6 Å². The van der Waals surface area contributed by atoms with Gasteiger partial charge in [0.05, 0.1) is 11.4 Å². The number of aromatic nitrogens is 1. The smallest absolute Gasteiger partial charge is 0.211 e. The van der Waals surface area contributed by atoms with E-state index in [0.717, 1.165) is 17.0 Å². The summed E-state index contributed by atoms with van der Waals surface area (Å²) in [5, 5.41) is 3.82. The lowest BCUT2D eigenvalue weighted by Gasteiger charge is -2.04. The Kier molecular flexibility index (Phi) is 4.49. The van der Waals surface area contributed by atoms with Crippen LogP contribution in [0, 0.1) is 13.8 Å². The summed E-state index contributed by atoms with van der Waals surface area (Å²) in [6, 6.07) is 0. The molecule has 0 aliphatic carbocycles. The van der Waals surface area contributed by atoms with Gasteiger partial charge in [-0.15, -0.1) is 0 Å². The normalized spacial score (nSPS) is 11.9. The molecule has 0 unspecified atom stereocenters. The third kappa shape index (κ3) is 3.61. The highest BCUT2D eigenvalue weighted by Gasteiger charge is 2.11. The molecular weight excluding hydrogens is 228 g/mol. The standard InChI is InChI=1S/C10H18N2O3S/c1-4-7-16(13,14)11-6-5-10-8(2)12-15-9(10)3/h11H,4-7H2,1-3H3. The maximum Gasteiger partial charge on any atom is 0.211 e. The predicted octanol–water partition coefficient (Wildman–Crippen LogP) is 1.16. The number of nitrogens with one attached hydrogen (secondary N) is 1. The molecule has 1 heterocycles. The molecule has 0 amide bonds. The quantitative estimate of drug-likeness (QED) is 0.817. The molecule has 1 N–H and O–H groups in total. The first-order valence-electron chi connectivity index (χ1n) is 5.35. The van der Waals surface area contributed by atoms with Crippen LogP contribution in [-0.2, 0) is 16.4 Å². The van der Waals surface area contributed by atoms with Crippen molar-refractivity contribution in [1.29, 1.82) is 0 Å². The summed E-state index contributed by atoms with van der Waals surface area (Å²) in [6.45, 7) is 5.92. The zero-order valence-electron chi connectivity index (χ0n) is 9.91. The molecule has 0 aliphatic heterocycles. The fraction of sp³-hybridized carbons (Fsp3) is 0.700. The van der Waals surface area contributed by atoms with Crippen LogP contribution in [0.4, 0.5) is 0 Å². The number of sulfonamides is 1. The summed E-state index contributed by atoms with van der Waals surface area (Å²) < 4.78 is 30.3. The number of hydrogen-bond acceptors (Lipinski definition) is 4. The third-order valence-corrected chi connectivity index (χ3v) is 3.94. The topological polar surface area (TPSA) is 72.2 Å². The second kappa shape index (κ2) is 5.45. The van der Waals surface area contributed by atoms with Crippen molar-refractivity contribution in [2.75, 3.05) is 12.3 Å². The van der Waals surface area contributed by atoms with E-state index < -0.39 is 10.0 Å². The van der Waals surface area contributed by atoms with Gasteiger partial charge in [-0.3, -0.25) is 0 Å². The molecule has 0 radical (unpaired) electrons. The third-order valence-electron chi connectivity index (χ3n) is 2.35. The van der Waals surface area contributed by atoms with E-state index in [4.69, 9.17) is 4.52 Å². The van der Waals surface area contributed by atoms with Gasteiger partial charge in [0.1, 0.15) is 5.76 Å². The van der Waals surface area contributed by atoms with E-state index in [2.05, 4.69) is 9.88 Å². The lowest BCUT2D eigenvalue weighted by Crippen LogP contribution is -2.28. The van der Waals surface area contributed by atoms with Gasteiger partial charge in [0, 0.05) is 12.1 Å². The minimum atomic E-state index is -3.11. The first-order valence-corrected chi connectivity index (χ1v) is 7.00. The van der Waals surface area contributed by atoms with Crippen LogP contribution in [0.5, 0.6) is 0 Å². The molecule has 0 aliphatic rings. The minimum Gasteiger partial charge on any atom is -0.361 e. The first kappa shape index (κ1) is 13.2. The summed E-state index contributed by atoms with van der Waals surface area (Å²) in [5.74, 6) is 0.932. The SMILES string of the molecule is CCCS(=O)(=O)NCCc1c(C)noc1C. The van der Waals surface area contributed by atoms with E-state index in [0.29, 0.717) is 19.4 Å². The highest BCUT2D eigenvalue weighted by molar-refractivity contribution is 7.89. The molecular formula is C10H18N2O3S. The van der Waals surface area contributed by atoms with Gasteiger partial charge in [0.15, 0.2) is 0 Å². The second-order valence-corrected chi connectivity index (χ2v) is 5.69. The molecule has 1 aromatic heterocycles. The van der Waals surface area contributed by atoms with E-state index in [1.54, 1.807) is 0 Å². The molecule has 6 heteroatoms. The highest BCUT2D eigenvalue weighted by Crippen LogP contribution is 2.12. The minimum absolute atomic E-state index is 0.175. The molecule has 0 fully saturated rings. The van der Waals surface area contributed by atoms with Gasteiger partial charge in [-0.25, -0.2) is 13.1 Å². The van der Waals surface area contributed by atoms with Crippen LogP contribution in [0.15, 0.2) is 4.52 Å². The Morgan fingerprint density at radius 2 is 2.06 bits per heavy atom. The second-order valence-electron chi connectivity index (χ2n) is 3.77. The van der Waals surface area contributed by atoms with E-state index in [1.165, 1.54) is 0 Å². The predicted molar refractivity (Wildman–Crippen MR) is 61.8 cm³/mol. The van der Waals surface area contributed by atoms with Crippen molar-refractivity contribution in [1.82, 2.24) is 9.88 Å². The van der Waals surface area contributed by atoms with Gasteiger partial charge < -0.3 is 4.52 Å². The van der Waals surface area contributed by atoms with Crippen LogP contribution >= 0.6 is 0 Å². The summed E-state index contributed by atoms with van der Waals surface area (Å²) in [7, 11) is -3.11. The zero-order chi connectivity index (χ0) is 12.2. The van der Waals surface area contributed by atoms with Crippen molar-refractivity contribution in [2.24, 2.45) is 0 Å². The van der Waals surface area contributed by atoms with Gasteiger partial charge in [-0.05, 0) is 26.7 Å². The van der Waals surface area contributed by atoms with E-state index in [9.17, 15) is 8.42 Å². The zero-order valence-corrected chi connectivity index (χ0v) is 10.7. The van der Waals surface area contributed by atoms with Crippen molar-refractivity contribution >= 4 is 10.0 Å². The van der Waals surface area contributed by atoms with Crippen molar-refractivity contribution in [3.8, 4) is 0 Å². The van der Waals surface area contributed by atoms with Gasteiger partial charge in [-0.2, -0.15) is 0 Å². The van der Waals surface area contributed by atoms with Crippen LogP contribution in [0.1, 0.15) is 30.4 Å². The molecule has 1 rings (SSSR count). The average Bonchev–Trinajstić information content (AvgIpc) is 2.48. The Labute approximate surface area is 96.3 Å². The molecule has 1 aromatic rings. The van der Waals surface area contributed by atoms with Gasteiger partial charge in [0.2, 0.25) is 10.0 Å². The van der Waals surface area contributed by atoms with Crippen LogP contribution in [-0.4, -0.2) is 25.9 Å². The Hall–Kier alpha value is -0.880. The molecule has 0 saturated carbocycles. The summed E-state index contributed by atoms with van der Waals surface area (Å²) in [5.41, 5.74) is 1.81. The molecule has 0 spiro atoms. The Bertz CT molecular complexity index is 417. The lowest BCUT2D eigenvalue weighted by molar-refractivity contribution is 0.392. The molecule has 0 aromatic carbocycles. The Balaban J connectivity index is 2.48. The number of hydrogen-bond donors (Lipinski definition) is 1. The van der Waals surface area contributed by atoms with Crippen molar-refractivity contribution in [3.05, 3.63) is 17.0 Å². The number of rotatable bonds is 6. The van der Waals surface area contributed by atoms with Gasteiger partial charge in [0.25, 0.3) is 0 Å². The van der Waals surface area contributed by atoms with Crippen LogP contribution in [0.3, 0.4) is 0 Å². The summed E-state index contributed by atoms with van der Waals surface area (Å²) in [6.07, 6.45) is 1.24. The molecule has 92 valence electrons. The van der Waals surface area contributed by atoms with Crippen LogP contribution in [0.2, 0.25) is 0 Å². The molecule has 5 nitrogen and oxygen atoms in total. The fourth-order valence-corrected chi connectivity index (χ4v) is 2.63. The highest BCUT2D eigenvalue weighted by atomic mass is 32.2. The van der Waals surface area contributed by atoms with Crippen molar-refractivity contribution in [3.63, 3.8) is 0 Å². The molecule has 0 bridgehead atoms. The van der Waals surface area contributed by atoms with E-state index in [1.807, 2.05) is 20.8 Å². The fourth-order valence-electron chi connectivity index (χ4n) is 1.53. The maximum atomic E-state index is 11.4.